The SMILES string of the molecule is CC(C)(C)[C@@H](O)C[C@@H](CO)NCc1cccs1. The maximum atomic E-state index is 10.00. The van der Waals surface area contributed by atoms with E-state index in [-0.39, 0.29) is 18.1 Å². The summed E-state index contributed by atoms with van der Waals surface area (Å²) in [6.45, 7) is 6.82. The molecule has 1 heterocycles. The highest BCUT2D eigenvalue weighted by Crippen LogP contribution is 2.22. The fraction of sp³-hybridized carbons (Fsp3) is 0.692. The Kier molecular flexibility index (Phi) is 5.59. The average molecular weight is 257 g/mol. The second kappa shape index (κ2) is 6.50. The van der Waals surface area contributed by atoms with Crippen molar-refractivity contribution >= 4 is 11.3 Å². The van der Waals surface area contributed by atoms with E-state index in [2.05, 4.69) is 11.4 Å². The van der Waals surface area contributed by atoms with Crippen molar-refractivity contribution in [1.82, 2.24) is 5.32 Å². The standard InChI is InChI=1S/C13H23NO2S/c1-13(2,3)12(16)7-10(9-15)14-8-11-5-4-6-17-11/h4-6,10,12,14-16H,7-9H2,1-3H3/t10-,12-/m0/s1. The van der Waals surface area contributed by atoms with Crippen LogP contribution in [0.15, 0.2) is 17.5 Å². The number of aliphatic hydroxyl groups is 2. The molecule has 2 atom stereocenters. The molecule has 0 fully saturated rings. The zero-order valence-electron chi connectivity index (χ0n) is 10.8. The zero-order valence-corrected chi connectivity index (χ0v) is 11.6. The molecule has 3 nitrogen and oxygen atoms in total. The first-order chi connectivity index (χ1) is 7.93. The fourth-order valence-corrected chi connectivity index (χ4v) is 2.16. The lowest BCUT2D eigenvalue weighted by atomic mass is 9.85. The van der Waals surface area contributed by atoms with E-state index in [0.717, 1.165) is 6.54 Å². The quantitative estimate of drug-likeness (QED) is 0.730. The Hall–Kier alpha value is -0.420. The fourth-order valence-electron chi connectivity index (χ4n) is 1.50. The topological polar surface area (TPSA) is 52.5 Å². The molecule has 0 saturated heterocycles. The van der Waals surface area contributed by atoms with E-state index in [0.29, 0.717) is 6.42 Å². The number of rotatable bonds is 6. The summed E-state index contributed by atoms with van der Waals surface area (Å²) in [6.07, 6.45) is 0.168. The van der Waals surface area contributed by atoms with Crippen LogP contribution in [0.2, 0.25) is 0 Å². The van der Waals surface area contributed by atoms with Crippen LogP contribution in [-0.2, 0) is 6.54 Å². The molecule has 0 bridgehead atoms. The molecule has 0 aromatic carbocycles. The van der Waals surface area contributed by atoms with Gasteiger partial charge in [0, 0.05) is 17.5 Å². The Labute approximate surface area is 107 Å². The molecule has 0 radical (unpaired) electrons. The molecule has 98 valence electrons. The van der Waals surface area contributed by atoms with Crippen LogP contribution in [0.1, 0.15) is 32.1 Å². The van der Waals surface area contributed by atoms with Gasteiger partial charge in [0.1, 0.15) is 0 Å². The van der Waals surface area contributed by atoms with E-state index in [1.807, 2.05) is 32.2 Å². The number of nitrogens with one attached hydrogen (secondary N) is 1. The zero-order chi connectivity index (χ0) is 12.9. The Morgan fingerprint density at radius 2 is 2.12 bits per heavy atom. The van der Waals surface area contributed by atoms with Gasteiger partial charge in [-0.05, 0) is 23.3 Å². The second-order valence-electron chi connectivity index (χ2n) is 5.46. The Morgan fingerprint density at radius 3 is 2.59 bits per heavy atom. The molecule has 0 aliphatic carbocycles. The van der Waals surface area contributed by atoms with Gasteiger partial charge >= 0.3 is 0 Å². The summed E-state index contributed by atoms with van der Waals surface area (Å²) in [4.78, 5) is 1.24. The van der Waals surface area contributed by atoms with Crippen LogP contribution in [0.3, 0.4) is 0 Å². The molecule has 0 amide bonds. The summed E-state index contributed by atoms with van der Waals surface area (Å²) < 4.78 is 0. The van der Waals surface area contributed by atoms with Crippen molar-refractivity contribution in [2.45, 2.75) is 45.9 Å². The maximum Gasteiger partial charge on any atom is 0.0604 e. The first kappa shape index (κ1) is 14.6. The van der Waals surface area contributed by atoms with Gasteiger partial charge in [-0.1, -0.05) is 26.8 Å². The molecule has 1 rings (SSSR count). The lowest BCUT2D eigenvalue weighted by molar-refractivity contribution is 0.0389. The van der Waals surface area contributed by atoms with Gasteiger partial charge in [0.05, 0.1) is 12.7 Å². The highest BCUT2D eigenvalue weighted by atomic mass is 32.1. The molecule has 0 saturated carbocycles. The molecule has 4 heteroatoms. The number of thiophene rings is 1. The Bertz CT molecular complexity index is 306. The van der Waals surface area contributed by atoms with E-state index in [1.165, 1.54) is 4.88 Å². The molecule has 1 aromatic heterocycles. The largest absolute Gasteiger partial charge is 0.395 e. The van der Waals surface area contributed by atoms with Crippen molar-refractivity contribution in [3.05, 3.63) is 22.4 Å². The maximum absolute atomic E-state index is 10.00. The van der Waals surface area contributed by atoms with Crippen LogP contribution in [0.25, 0.3) is 0 Å². The van der Waals surface area contributed by atoms with E-state index in [1.54, 1.807) is 11.3 Å². The number of hydrogen-bond acceptors (Lipinski definition) is 4. The molecule has 0 spiro atoms. The summed E-state index contributed by atoms with van der Waals surface area (Å²) in [5.74, 6) is 0. The summed E-state index contributed by atoms with van der Waals surface area (Å²) >= 11 is 1.69. The van der Waals surface area contributed by atoms with Crippen LogP contribution < -0.4 is 5.32 Å². The second-order valence-corrected chi connectivity index (χ2v) is 6.49. The van der Waals surface area contributed by atoms with Crippen LogP contribution in [0, 0.1) is 5.41 Å². The van der Waals surface area contributed by atoms with Crippen molar-refractivity contribution in [2.75, 3.05) is 6.61 Å². The van der Waals surface area contributed by atoms with Gasteiger partial charge in [0.15, 0.2) is 0 Å². The number of hydrogen-bond donors (Lipinski definition) is 3. The summed E-state index contributed by atoms with van der Waals surface area (Å²) in [6, 6.07) is 4.03. The first-order valence-electron chi connectivity index (χ1n) is 5.98. The van der Waals surface area contributed by atoms with E-state index >= 15 is 0 Å². The van der Waals surface area contributed by atoms with Gasteiger partial charge in [0.25, 0.3) is 0 Å². The number of aliphatic hydroxyl groups excluding tert-OH is 2. The van der Waals surface area contributed by atoms with Gasteiger partial charge in [-0.2, -0.15) is 0 Å². The molecular weight excluding hydrogens is 234 g/mol. The smallest absolute Gasteiger partial charge is 0.0604 e. The summed E-state index contributed by atoms with van der Waals surface area (Å²) in [5.41, 5.74) is -0.141. The normalized spacial score (nSPS) is 15.8. The van der Waals surface area contributed by atoms with Gasteiger partial charge in [-0.3, -0.25) is 0 Å². The van der Waals surface area contributed by atoms with Crippen molar-refractivity contribution < 1.29 is 10.2 Å². The third-order valence-corrected chi connectivity index (χ3v) is 3.75. The average Bonchev–Trinajstić information content (AvgIpc) is 2.75. The van der Waals surface area contributed by atoms with Crippen LogP contribution in [0.4, 0.5) is 0 Å². The first-order valence-corrected chi connectivity index (χ1v) is 6.86. The van der Waals surface area contributed by atoms with Gasteiger partial charge in [0.2, 0.25) is 0 Å². The molecule has 0 aliphatic rings. The van der Waals surface area contributed by atoms with Crippen LogP contribution in [-0.4, -0.2) is 29.0 Å². The van der Waals surface area contributed by atoms with Crippen molar-refractivity contribution in [2.24, 2.45) is 5.41 Å². The highest BCUT2D eigenvalue weighted by Gasteiger charge is 2.25. The van der Waals surface area contributed by atoms with Gasteiger partial charge in [-0.15, -0.1) is 11.3 Å². The summed E-state index contributed by atoms with van der Waals surface area (Å²) in [5, 5.41) is 24.6. The monoisotopic (exact) mass is 257 g/mol. The molecule has 0 unspecified atom stereocenters. The van der Waals surface area contributed by atoms with E-state index in [9.17, 15) is 10.2 Å². The Morgan fingerprint density at radius 1 is 1.41 bits per heavy atom. The lowest BCUT2D eigenvalue weighted by Crippen LogP contribution is -2.39. The minimum Gasteiger partial charge on any atom is -0.395 e. The third kappa shape index (κ3) is 5.17. The summed E-state index contributed by atoms with van der Waals surface area (Å²) in [7, 11) is 0. The molecule has 1 aromatic rings. The Balaban J connectivity index is 2.38. The predicted octanol–water partition coefficient (Wildman–Crippen LogP) is 2.00. The van der Waals surface area contributed by atoms with Gasteiger partial charge in [-0.25, -0.2) is 0 Å². The minimum atomic E-state index is -0.407. The van der Waals surface area contributed by atoms with Gasteiger partial charge < -0.3 is 15.5 Å². The van der Waals surface area contributed by atoms with E-state index in [4.69, 9.17) is 0 Å². The third-order valence-electron chi connectivity index (χ3n) is 2.87. The molecule has 17 heavy (non-hydrogen) atoms. The predicted molar refractivity (Wildman–Crippen MR) is 72.1 cm³/mol. The highest BCUT2D eigenvalue weighted by molar-refractivity contribution is 7.09. The van der Waals surface area contributed by atoms with E-state index < -0.39 is 6.10 Å². The van der Waals surface area contributed by atoms with Crippen LogP contribution >= 0.6 is 11.3 Å². The lowest BCUT2D eigenvalue weighted by Gasteiger charge is -2.29. The van der Waals surface area contributed by atoms with Crippen molar-refractivity contribution in [3.63, 3.8) is 0 Å². The molecular formula is C13H23NO2S. The molecule has 0 aliphatic heterocycles. The molecule has 3 N–H and O–H groups in total. The van der Waals surface area contributed by atoms with Crippen molar-refractivity contribution in [1.29, 1.82) is 0 Å². The van der Waals surface area contributed by atoms with Crippen LogP contribution in [0.5, 0.6) is 0 Å². The van der Waals surface area contributed by atoms with Crippen molar-refractivity contribution in [3.8, 4) is 0 Å². The minimum absolute atomic E-state index is 0.0497.